The molecule has 0 spiro atoms. The van der Waals surface area contributed by atoms with Crippen LogP contribution in [0.3, 0.4) is 0 Å². The second-order valence-electron chi connectivity index (χ2n) is 8.35. The van der Waals surface area contributed by atoms with Crippen molar-refractivity contribution >= 4 is 22.8 Å². The van der Waals surface area contributed by atoms with Gasteiger partial charge in [0.05, 0.1) is 29.7 Å². The Morgan fingerprint density at radius 3 is 2.50 bits per heavy atom. The minimum atomic E-state index is -0.576. The third-order valence-corrected chi connectivity index (χ3v) is 5.77. The summed E-state index contributed by atoms with van der Waals surface area (Å²) in [6.07, 6.45) is 0.746. The number of hydrogen-bond acceptors (Lipinski definition) is 6. The maximum absolute atomic E-state index is 13.5. The third kappa shape index (κ3) is 3.80. The molecule has 3 aromatic rings. The Kier molecular flexibility index (Phi) is 5.84. The molecular weight excluding hydrogens is 408 g/mol. The zero-order chi connectivity index (χ0) is 23.0. The van der Waals surface area contributed by atoms with Gasteiger partial charge in [-0.15, -0.1) is 0 Å². The predicted octanol–water partition coefficient (Wildman–Crippen LogP) is 3.38. The molecule has 7 heteroatoms. The van der Waals surface area contributed by atoms with E-state index in [1.165, 1.54) is 7.11 Å². The van der Waals surface area contributed by atoms with Crippen molar-refractivity contribution in [2.75, 3.05) is 34.3 Å². The third-order valence-electron chi connectivity index (χ3n) is 5.77. The van der Waals surface area contributed by atoms with Gasteiger partial charge in [0.25, 0.3) is 5.91 Å². The number of ether oxygens (including phenoxy) is 1. The van der Waals surface area contributed by atoms with E-state index in [1.54, 1.807) is 41.3 Å². The van der Waals surface area contributed by atoms with Gasteiger partial charge in [-0.05, 0) is 63.8 Å². The zero-order valence-corrected chi connectivity index (χ0v) is 18.7. The molecule has 2 aromatic carbocycles. The molecule has 1 unspecified atom stereocenters. The fourth-order valence-corrected chi connectivity index (χ4v) is 4.19. The van der Waals surface area contributed by atoms with E-state index in [1.807, 2.05) is 32.0 Å². The Bertz CT molecular complexity index is 1240. The van der Waals surface area contributed by atoms with Crippen LogP contribution in [-0.4, -0.2) is 56.0 Å². The molecule has 0 saturated carbocycles. The second-order valence-corrected chi connectivity index (χ2v) is 8.35. The minimum absolute atomic E-state index is 0.0956. The summed E-state index contributed by atoms with van der Waals surface area (Å²) in [7, 11) is 5.28. The monoisotopic (exact) mass is 434 g/mol. The molecule has 0 aliphatic carbocycles. The number of hydrogen-bond donors (Lipinski definition) is 0. The summed E-state index contributed by atoms with van der Waals surface area (Å²) >= 11 is 0. The van der Waals surface area contributed by atoms with Crippen molar-refractivity contribution < 1.29 is 18.7 Å². The fraction of sp³-hybridized carbons (Fsp3) is 0.320. The van der Waals surface area contributed by atoms with Gasteiger partial charge in [-0.1, -0.05) is 23.8 Å². The highest BCUT2D eigenvalue weighted by molar-refractivity contribution is 5.99. The van der Waals surface area contributed by atoms with E-state index >= 15 is 0 Å². The molecule has 0 bridgehead atoms. The number of amides is 1. The number of rotatable bonds is 6. The summed E-state index contributed by atoms with van der Waals surface area (Å²) in [6.45, 7) is 3.18. The molecule has 0 radical (unpaired) electrons. The van der Waals surface area contributed by atoms with Gasteiger partial charge in [0, 0.05) is 6.54 Å². The van der Waals surface area contributed by atoms with Crippen molar-refractivity contribution in [1.29, 1.82) is 0 Å². The van der Waals surface area contributed by atoms with Crippen molar-refractivity contribution in [1.82, 2.24) is 9.80 Å². The SMILES string of the molecule is COC(=O)c1ccc(C2c3c(oc4ccc(C)cc4c3=O)C(=O)N2CCCN(C)C)cc1. The van der Waals surface area contributed by atoms with Gasteiger partial charge in [0.15, 0.2) is 5.43 Å². The molecule has 7 nitrogen and oxygen atoms in total. The van der Waals surface area contributed by atoms with Crippen LogP contribution in [0.2, 0.25) is 0 Å². The van der Waals surface area contributed by atoms with Gasteiger partial charge < -0.3 is 19.0 Å². The van der Waals surface area contributed by atoms with E-state index in [4.69, 9.17) is 9.15 Å². The van der Waals surface area contributed by atoms with Crippen molar-refractivity contribution in [3.05, 3.63) is 80.7 Å². The Hall–Kier alpha value is -3.45. The maximum Gasteiger partial charge on any atom is 0.337 e. The molecule has 1 aromatic heterocycles. The summed E-state index contributed by atoms with van der Waals surface area (Å²) in [5.41, 5.74) is 2.65. The number of carbonyl (C=O) groups is 2. The number of aryl methyl sites for hydroxylation is 1. The van der Waals surface area contributed by atoms with Crippen LogP contribution in [0.5, 0.6) is 0 Å². The van der Waals surface area contributed by atoms with E-state index in [9.17, 15) is 14.4 Å². The quantitative estimate of drug-likeness (QED) is 0.554. The molecule has 1 aliphatic rings. The van der Waals surface area contributed by atoms with Crippen LogP contribution in [0, 0.1) is 6.92 Å². The normalized spacial score (nSPS) is 15.5. The summed E-state index contributed by atoms with van der Waals surface area (Å²) in [5, 5.41) is 0.461. The van der Waals surface area contributed by atoms with Crippen LogP contribution in [0.25, 0.3) is 11.0 Å². The van der Waals surface area contributed by atoms with E-state index in [0.717, 1.165) is 24.1 Å². The smallest absolute Gasteiger partial charge is 0.337 e. The van der Waals surface area contributed by atoms with Gasteiger partial charge in [-0.2, -0.15) is 0 Å². The highest BCUT2D eigenvalue weighted by Gasteiger charge is 2.42. The van der Waals surface area contributed by atoms with E-state index in [0.29, 0.717) is 28.6 Å². The van der Waals surface area contributed by atoms with E-state index in [-0.39, 0.29) is 17.1 Å². The summed E-state index contributed by atoms with van der Waals surface area (Å²) in [6, 6.07) is 11.6. The summed E-state index contributed by atoms with van der Waals surface area (Å²) < 4.78 is 10.7. The van der Waals surface area contributed by atoms with Crippen LogP contribution in [-0.2, 0) is 4.74 Å². The Balaban J connectivity index is 1.85. The first-order chi connectivity index (χ1) is 15.3. The predicted molar refractivity (Wildman–Crippen MR) is 121 cm³/mol. The first-order valence-electron chi connectivity index (χ1n) is 10.5. The molecule has 1 amide bonds. The zero-order valence-electron chi connectivity index (χ0n) is 18.7. The van der Waals surface area contributed by atoms with Crippen molar-refractivity contribution in [3.63, 3.8) is 0 Å². The topological polar surface area (TPSA) is 80.1 Å². The van der Waals surface area contributed by atoms with E-state index in [2.05, 4.69) is 0 Å². The summed E-state index contributed by atoms with van der Waals surface area (Å²) in [4.78, 5) is 42.5. The lowest BCUT2D eigenvalue weighted by Gasteiger charge is -2.25. The number of esters is 1. The Morgan fingerprint density at radius 1 is 1.12 bits per heavy atom. The average Bonchev–Trinajstić information content (AvgIpc) is 3.06. The molecule has 1 aliphatic heterocycles. The number of fused-ring (bicyclic) bond motifs is 2. The lowest BCUT2D eigenvalue weighted by molar-refractivity contribution is 0.0600. The fourth-order valence-electron chi connectivity index (χ4n) is 4.19. The molecule has 4 rings (SSSR count). The lowest BCUT2D eigenvalue weighted by atomic mass is 9.97. The Labute approximate surface area is 186 Å². The molecular formula is C25H26N2O5. The van der Waals surface area contributed by atoms with E-state index < -0.39 is 12.0 Å². The van der Waals surface area contributed by atoms with Crippen molar-refractivity contribution in [3.8, 4) is 0 Å². The van der Waals surface area contributed by atoms with Gasteiger partial charge in [-0.3, -0.25) is 9.59 Å². The molecule has 0 fully saturated rings. The number of benzene rings is 2. The second kappa shape index (κ2) is 8.59. The maximum atomic E-state index is 13.5. The molecule has 32 heavy (non-hydrogen) atoms. The average molecular weight is 434 g/mol. The number of methoxy groups -OCH3 is 1. The molecule has 0 saturated heterocycles. The highest BCUT2D eigenvalue weighted by atomic mass is 16.5. The number of nitrogens with zero attached hydrogens (tertiary/aromatic N) is 2. The molecule has 0 N–H and O–H groups in total. The van der Waals surface area contributed by atoms with Gasteiger partial charge in [0.1, 0.15) is 5.58 Å². The Morgan fingerprint density at radius 2 is 1.84 bits per heavy atom. The first-order valence-corrected chi connectivity index (χ1v) is 10.5. The van der Waals surface area contributed by atoms with Crippen LogP contribution >= 0.6 is 0 Å². The van der Waals surface area contributed by atoms with Gasteiger partial charge in [0.2, 0.25) is 5.76 Å². The van der Waals surface area contributed by atoms with Crippen LogP contribution < -0.4 is 5.43 Å². The molecule has 166 valence electrons. The largest absolute Gasteiger partial charge is 0.465 e. The first kappa shape index (κ1) is 21.8. The lowest BCUT2D eigenvalue weighted by Crippen LogP contribution is -2.32. The van der Waals surface area contributed by atoms with Crippen molar-refractivity contribution in [2.45, 2.75) is 19.4 Å². The van der Waals surface area contributed by atoms with Gasteiger partial charge >= 0.3 is 5.97 Å². The summed E-state index contributed by atoms with van der Waals surface area (Å²) in [5.74, 6) is -0.637. The van der Waals surface area contributed by atoms with Crippen molar-refractivity contribution in [2.24, 2.45) is 0 Å². The van der Waals surface area contributed by atoms with Crippen LogP contribution in [0.1, 0.15) is 50.1 Å². The minimum Gasteiger partial charge on any atom is -0.465 e. The van der Waals surface area contributed by atoms with Crippen LogP contribution in [0.15, 0.2) is 51.7 Å². The standard InChI is InChI=1S/C25H26N2O5/c1-15-6-11-19-18(14-15)22(28)20-21(16-7-9-17(10-8-16)25(30)31-4)27(13-5-12-26(2)3)24(29)23(20)32-19/h6-11,14,21H,5,12-13H2,1-4H3. The molecule has 2 heterocycles. The van der Waals surface area contributed by atoms with Gasteiger partial charge in [-0.25, -0.2) is 4.79 Å². The highest BCUT2D eigenvalue weighted by Crippen LogP contribution is 2.38. The van der Waals surface area contributed by atoms with Crippen LogP contribution in [0.4, 0.5) is 0 Å². The molecule has 1 atom stereocenters. The number of carbonyl (C=O) groups excluding carboxylic acids is 2.